The van der Waals surface area contributed by atoms with Crippen LogP contribution in [-0.2, 0) is 6.42 Å². The van der Waals surface area contributed by atoms with Crippen molar-refractivity contribution in [2.45, 2.75) is 20.3 Å². The van der Waals surface area contributed by atoms with Gasteiger partial charge in [0.25, 0.3) is 11.8 Å². The van der Waals surface area contributed by atoms with Crippen LogP contribution in [0.3, 0.4) is 0 Å². The van der Waals surface area contributed by atoms with Gasteiger partial charge in [0.05, 0.1) is 6.61 Å². The van der Waals surface area contributed by atoms with Crippen molar-refractivity contribution in [2.75, 3.05) is 17.2 Å². The van der Waals surface area contributed by atoms with Crippen LogP contribution >= 0.6 is 0 Å². The Balaban J connectivity index is 1.67. The average Bonchev–Trinajstić information content (AvgIpc) is 2.76. The van der Waals surface area contributed by atoms with E-state index in [1.54, 1.807) is 42.5 Å². The lowest BCUT2D eigenvalue weighted by Gasteiger charge is -2.08. The Bertz CT molecular complexity index is 983. The number of hydrogen-bond donors (Lipinski definition) is 2. The first kappa shape index (κ1) is 20.1. The molecule has 0 saturated heterocycles. The number of carbonyl (C=O) groups is 2. The molecule has 3 aromatic rings. The first-order valence-corrected chi connectivity index (χ1v) is 9.50. The monoisotopic (exact) mass is 389 g/mol. The Kier molecular flexibility index (Phi) is 6.58. The Morgan fingerprint density at radius 1 is 0.793 bits per heavy atom. The molecule has 0 bridgehead atoms. The van der Waals surface area contributed by atoms with E-state index < -0.39 is 5.91 Å². The van der Waals surface area contributed by atoms with Crippen molar-refractivity contribution in [3.63, 3.8) is 0 Å². The van der Waals surface area contributed by atoms with Crippen LogP contribution < -0.4 is 15.4 Å². The lowest BCUT2D eigenvalue weighted by atomic mass is 10.1. The molecule has 0 unspecified atom stereocenters. The summed E-state index contributed by atoms with van der Waals surface area (Å²) >= 11 is 0. The van der Waals surface area contributed by atoms with Gasteiger partial charge in [-0.25, -0.2) is 4.98 Å². The van der Waals surface area contributed by atoms with Crippen molar-refractivity contribution in [2.24, 2.45) is 0 Å². The Hall–Kier alpha value is -3.67. The first-order chi connectivity index (χ1) is 14.1. The number of benzene rings is 2. The predicted octanol–water partition coefficient (Wildman–Crippen LogP) is 4.55. The van der Waals surface area contributed by atoms with Crippen LogP contribution in [0, 0.1) is 0 Å². The van der Waals surface area contributed by atoms with Gasteiger partial charge in [-0.3, -0.25) is 9.59 Å². The van der Waals surface area contributed by atoms with Gasteiger partial charge in [0.1, 0.15) is 17.1 Å². The maximum atomic E-state index is 12.5. The zero-order valence-electron chi connectivity index (χ0n) is 16.4. The molecule has 0 fully saturated rings. The van der Waals surface area contributed by atoms with Gasteiger partial charge < -0.3 is 15.4 Å². The molecule has 29 heavy (non-hydrogen) atoms. The number of nitrogens with one attached hydrogen (secondary N) is 2. The molecule has 2 amide bonds. The molecule has 1 aromatic heterocycles. The van der Waals surface area contributed by atoms with Crippen molar-refractivity contribution in [1.82, 2.24) is 4.98 Å². The van der Waals surface area contributed by atoms with Crippen molar-refractivity contribution in [1.29, 1.82) is 0 Å². The second kappa shape index (κ2) is 9.50. The summed E-state index contributed by atoms with van der Waals surface area (Å²) in [6, 6.07) is 19.4. The van der Waals surface area contributed by atoms with Crippen LogP contribution in [0.2, 0.25) is 0 Å². The number of amides is 2. The fourth-order valence-electron chi connectivity index (χ4n) is 2.70. The third kappa shape index (κ3) is 5.42. The van der Waals surface area contributed by atoms with Gasteiger partial charge in [-0.1, -0.05) is 25.1 Å². The van der Waals surface area contributed by atoms with E-state index in [1.807, 2.05) is 31.2 Å². The molecule has 148 valence electrons. The van der Waals surface area contributed by atoms with Crippen molar-refractivity contribution in [3.05, 3.63) is 83.7 Å². The van der Waals surface area contributed by atoms with Crippen LogP contribution in [-0.4, -0.2) is 23.4 Å². The third-order valence-electron chi connectivity index (χ3n) is 4.26. The van der Waals surface area contributed by atoms with Crippen LogP contribution in [0.15, 0.2) is 66.7 Å². The third-order valence-corrected chi connectivity index (χ3v) is 4.26. The fourth-order valence-corrected chi connectivity index (χ4v) is 2.70. The highest BCUT2D eigenvalue weighted by atomic mass is 16.5. The molecule has 0 radical (unpaired) electrons. The summed E-state index contributed by atoms with van der Waals surface area (Å²) < 4.78 is 5.38. The second-order valence-corrected chi connectivity index (χ2v) is 6.32. The molecule has 0 atom stereocenters. The summed E-state index contributed by atoms with van der Waals surface area (Å²) in [5, 5.41) is 5.56. The molecule has 0 aliphatic heterocycles. The summed E-state index contributed by atoms with van der Waals surface area (Å²) in [6.07, 6.45) is 0.932. The second-order valence-electron chi connectivity index (χ2n) is 6.32. The molecule has 6 nitrogen and oxygen atoms in total. The topological polar surface area (TPSA) is 80.3 Å². The molecule has 2 aromatic carbocycles. The first-order valence-electron chi connectivity index (χ1n) is 9.50. The van der Waals surface area contributed by atoms with E-state index in [2.05, 4.69) is 22.5 Å². The minimum Gasteiger partial charge on any atom is -0.494 e. The van der Waals surface area contributed by atoms with Crippen molar-refractivity contribution < 1.29 is 14.3 Å². The summed E-state index contributed by atoms with van der Waals surface area (Å²) in [6.45, 7) is 4.55. The van der Waals surface area contributed by atoms with Gasteiger partial charge >= 0.3 is 0 Å². The molecule has 0 aliphatic carbocycles. The van der Waals surface area contributed by atoms with Gasteiger partial charge in [-0.05, 0) is 67.4 Å². The van der Waals surface area contributed by atoms with Crippen LogP contribution in [0.4, 0.5) is 11.4 Å². The summed E-state index contributed by atoms with van der Waals surface area (Å²) in [5.74, 6) is -0.0321. The number of pyridine rings is 1. The van der Waals surface area contributed by atoms with Gasteiger partial charge in [-0.15, -0.1) is 0 Å². The molecule has 2 N–H and O–H groups in total. The smallest absolute Gasteiger partial charge is 0.274 e. The number of carbonyl (C=O) groups excluding carboxylic acids is 2. The number of rotatable bonds is 7. The Morgan fingerprint density at radius 3 is 1.79 bits per heavy atom. The average molecular weight is 389 g/mol. The number of anilines is 2. The SMILES string of the molecule is CCOc1ccc(NC(=O)c2cccc(C(=O)Nc3ccc(CC)cc3)n2)cc1. The fraction of sp³-hybridized carbons (Fsp3) is 0.174. The molecule has 0 aliphatic rings. The number of aromatic nitrogens is 1. The molecular formula is C23H23N3O3. The minimum atomic E-state index is -0.392. The van der Waals surface area contributed by atoms with Crippen LogP contribution in [0.5, 0.6) is 5.75 Å². The van der Waals surface area contributed by atoms with E-state index in [1.165, 1.54) is 5.56 Å². The molecule has 6 heteroatoms. The van der Waals surface area contributed by atoms with E-state index in [4.69, 9.17) is 4.74 Å². The molecular weight excluding hydrogens is 366 g/mol. The van der Waals surface area contributed by atoms with E-state index in [9.17, 15) is 9.59 Å². The number of nitrogens with zero attached hydrogens (tertiary/aromatic N) is 1. The van der Waals surface area contributed by atoms with Crippen LogP contribution in [0.25, 0.3) is 0 Å². The quantitative estimate of drug-likeness (QED) is 0.621. The van der Waals surface area contributed by atoms with Crippen molar-refractivity contribution >= 4 is 23.2 Å². The zero-order valence-corrected chi connectivity index (χ0v) is 16.4. The number of ether oxygens (including phenoxy) is 1. The maximum absolute atomic E-state index is 12.5. The predicted molar refractivity (Wildman–Crippen MR) is 114 cm³/mol. The lowest BCUT2D eigenvalue weighted by molar-refractivity contribution is 0.101. The number of hydrogen-bond acceptors (Lipinski definition) is 4. The highest BCUT2D eigenvalue weighted by Crippen LogP contribution is 2.16. The molecule has 0 saturated carbocycles. The highest BCUT2D eigenvalue weighted by molar-refractivity contribution is 6.06. The van der Waals surface area contributed by atoms with E-state index >= 15 is 0 Å². The van der Waals surface area contributed by atoms with E-state index in [0.29, 0.717) is 18.0 Å². The largest absolute Gasteiger partial charge is 0.494 e. The maximum Gasteiger partial charge on any atom is 0.274 e. The van der Waals surface area contributed by atoms with E-state index in [-0.39, 0.29) is 17.3 Å². The summed E-state index contributed by atoms with van der Waals surface area (Å²) in [5.41, 5.74) is 2.82. The van der Waals surface area contributed by atoms with Crippen LogP contribution in [0.1, 0.15) is 40.4 Å². The van der Waals surface area contributed by atoms with Gasteiger partial charge in [-0.2, -0.15) is 0 Å². The summed E-state index contributed by atoms with van der Waals surface area (Å²) in [4.78, 5) is 29.2. The van der Waals surface area contributed by atoms with Crippen molar-refractivity contribution in [3.8, 4) is 5.75 Å². The normalized spacial score (nSPS) is 10.3. The molecule has 3 rings (SSSR count). The van der Waals surface area contributed by atoms with Gasteiger partial charge in [0, 0.05) is 11.4 Å². The highest BCUT2D eigenvalue weighted by Gasteiger charge is 2.13. The minimum absolute atomic E-state index is 0.160. The molecule has 1 heterocycles. The lowest BCUT2D eigenvalue weighted by Crippen LogP contribution is -2.18. The Morgan fingerprint density at radius 2 is 1.31 bits per heavy atom. The standard InChI is InChI=1S/C23H23N3O3/c1-3-16-8-10-17(11-9-16)24-22(27)20-6-5-7-21(26-20)23(28)25-18-12-14-19(15-13-18)29-4-2/h5-15H,3-4H2,1-2H3,(H,24,27)(H,25,28). The molecule has 0 spiro atoms. The Labute approximate surface area is 169 Å². The van der Waals surface area contributed by atoms with E-state index in [0.717, 1.165) is 12.2 Å². The zero-order chi connectivity index (χ0) is 20.6. The van der Waals surface area contributed by atoms with Gasteiger partial charge in [0.2, 0.25) is 0 Å². The summed E-state index contributed by atoms with van der Waals surface area (Å²) in [7, 11) is 0. The number of aryl methyl sites for hydroxylation is 1. The van der Waals surface area contributed by atoms with Gasteiger partial charge in [0.15, 0.2) is 0 Å².